The van der Waals surface area contributed by atoms with Crippen molar-refractivity contribution in [2.75, 3.05) is 19.5 Å². The van der Waals surface area contributed by atoms with Gasteiger partial charge in [-0.3, -0.25) is 9.59 Å². The lowest BCUT2D eigenvalue weighted by Crippen LogP contribution is -2.51. The molecule has 2 aromatic carbocycles. The Morgan fingerprint density at radius 1 is 1.03 bits per heavy atom. The average molecular weight is 494 g/mol. The zero-order valence-corrected chi connectivity index (χ0v) is 20.8. The fourth-order valence-corrected chi connectivity index (χ4v) is 5.17. The summed E-state index contributed by atoms with van der Waals surface area (Å²) in [5.74, 6) is 0.815. The second-order valence-electron chi connectivity index (χ2n) is 8.65. The standard InChI is InChI=1S/C27H31N3O4S/c1-33-23-13-12-19(16-24(23)34-2)27(32)30(22-10-4-3-9-21(22)28)17-18-7-5-8-20(15-18)29-26(31)25-11-6-14-35-25/h5-8,11-16,21-22H,3-4,9-10,17,28H2,1-2H3,(H,29,31). The molecule has 1 saturated carbocycles. The van der Waals surface area contributed by atoms with E-state index in [4.69, 9.17) is 15.2 Å². The van der Waals surface area contributed by atoms with Gasteiger partial charge in [0.1, 0.15) is 0 Å². The van der Waals surface area contributed by atoms with Crippen LogP contribution in [-0.4, -0.2) is 43.0 Å². The van der Waals surface area contributed by atoms with Gasteiger partial charge in [-0.25, -0.2) is 0 Å². The molecule has 3 aromatic rings. The van der Waals surface area contributed by atoms with Crippen LogP contribution in [0, 0.1) is 0 Å². The lowest BCUT2D eigenvalue weighted by Gasteiger charge is -2.38. The third-order valence-corrected chi connectivity index (χ3v) is 7.22. The van der Waals surface area contributed by atoms with Crippen molar-refractivity contribution in [3.63, 3.8) is 0 Å². The van der Waals surface area contributed by atoms with Gasteiger partial charge >= 0.3 is 0 Å². The predicted molar refractivity (Wildman–Crippen MR) is 138 cm³/mol. The van der Waals surface area contributed by atoms with Gasteiger partial charge in [0.2, 0.25) is 0 Å². The highest BCUT2D eigenvalue weighted by atomic mass is 32.1. The molecule has 8 heteroatoms. The Labute approximate surface area is 209 Å². The largest absolute Gasteiger partial charge is 0.493 e. The molecule has 1 fully saturated rings. The molecule has 0 radical (unpaired) electrons. The maximum absolute atomic E-state index is 13.8. The molecule has 2 unspecified atom stereocenters. The minimum Gasteiger partial charge on any atom is -0.493 e. The molecule has 0 spiro atoms. The quantitative estimate of drug-likeness (QED) is 0.464. The Hall–Kier alpha value is -3.36. The zero-order chi connectivity index (χ0) is 24.8. The predicted octanol–water partition coefficient (Wildman–Crippen LogP) is 4.93. The van der Waals surface area contributed by atoms with Crippen molar-refractivity contribution in [1.29, 1.82) is 0 Å². The lowest BCUT2D eigenvalue weighted by molar-refractivity contribution is 0.0583. The number of amides is 2. The Balaban J connectivity index is 1.60. The van der Waals surface area contributed by atoms with Crippen molar-refractivity contribution >= 4 is 28.8 Å². The summed E-state index contributed by atoms with van der Waals surface area (Å²) in [4.78, 5) is 28.8. The molecule has 0 aliphatic heterocycles. The number of ether oxygens (including phenoxy) is 2. The summed E-state index contributed by atoms with van der Waals surface area (Å²) < 4.78 is 10.7. The molecule has 35 heavy (non-hydrogen) atoms. The van der Waals surface area contributed by atoms with Crippen molar-refractivity contribution in [3.05, 3.63) is 76.0 Å². The van der Waals surface area contributed by atoms with E-state index in [9.17, 15) is 9.59 Å². The van der Waals surface area contributed by atoms with E-state index in [0.29, 0.717) is 34.2 Å². The fraction of sp³-hybridized carbons (Fsp3) is 0.333. The van der Waals surface area contributed by atoms with E-state index in [-0.39, 0.29) is 23.9 Å². The molecule has 7 nitrogen and oxygen atoms in total. The summed E-state index contributed by atoms with van der Waals surface area (Å²) >= 11 is 1.39. The number of thiophene rings is 1. The highest BCUT2D eigenvalue weighted by Gasteiger charge is 2.32. The van der Waals surface area contributed by atoms with Crippen LogP contribution >= 0.6 is 11.3 Å². The number of carbonyl (C=O) groups is 2. The number of anilines is 1. The van der Waals surface area contributed by atoms with Gasteiger partial charge in [0, 0.05) is 29.9 Å². The van der Waals surface area contributed by atoms with Crippen LogP contribution in [0.2, 0.25) is 0 Å². The normalized spacial score (nSPS) is 17.5. The molecular weight excluding hydrogens is 462 g/mol. The van der Waals surface area contributed by atoms with Crippen molar-refractivity contribution in [3.8, 4) is 11.5 Å². The first-order valence-corrected chi connectivity index (χ1v) is 12.6. The second kappa shape index (κ2) is 11.4. The van der Waals surface area contributed by atoms with Crippen molar-refractivity contribution in [1.82, 2.24) is 4.90 Å². The summed E-state index contributed by atoms with van der Waals surface area (Å²) in [5.41, 5.74) is 8.63. The number of carbonyl (C=O) groups excluding carboxylic acids is 2. The summed E-state index contributed by atoms with van der Waals surface area (Å²) in [6, 6.07) is 16.3. The number of nitrogens with zero attached hydrogens (tertiary/aromatic N) is 1. The van der Waals surface area contributed by atoms with E-state index >= 15 is 0 Å². The van der Waals surface area contributed by atoms with Gasteiger partial charge in [-0.2, -0.15) is 0 Å². The maximum atomic E-state index is 13.8. The van der Waals surface area contributed by atoms with Gasteiger partial charge in [0.25, 0.3) is 11.8 Å². The van der Waals surface area contributed by atoms with Crippen LogP contribution in [0.5, 0.6) is 11.5 Å². The molecular formula is C27H31N3O4S. The number of benzene rings is 2. The summed E-state index contributed by atoms with van der Waals surface area (Å²) in [7, 11) is 3.12. The van der Waals surface area contributed by atoms with E-state index in [1.807, 2.05) is 40.6 Å². The van der Waals surface area contributed by atoms with Crippen LogP contribution < -0.4 is 20.5 Å². The van der Waals surface area contributed by atoms with E-state index in [2.05, 4.69) is 5.32 Å². The second-order valence-corrected chi connectivity index (χ2v) is 9.60. The summed E-state index contributed by atoms with van der Waals surface area (Å²) in [6.45, 7) is 0.383. The van der Waals surface area contributed by atoms with E-state index in [0.717, 1.165) is 31.2 Å². The zero-order valence-electron chi connectivity index (χ0n) is 20.0. The fourth-order valence-electron chi connectivity index (χ4n) is 4.55. The first kappa shape index (κ1) is 24.8. The Kier molecular flexibility index (Phi) is 8.05. The highest BCUT2D eigenvalue weighted by Crippen LogP contribution is 2.30. The van der Waals surface area contributed by atoms with Crippen LogP contribution in [-0.2, 0) is 6.54 Å². The van der Waals surface area contributed by atoms with Crippen molar-refractivity contribution in [2.24, 2.45) is 5.73 Å². The van der Waals surface area contributed by atoms with Gasteiger partial charge in [-0.05, 0) is 60.2 Å². The molecule has 0 bridgehead atoms. The molecule has 3 N–H and O–H groups in total. The van der Waals surface area contributed by atoms with E-state index in [1.165, 1.54) is 11.3 Å². The van der Waals surface area contributed by atoms with Gasteiger partial charge in [0.15, 0.2) is 11.5 Å². The molecule has 4 rings (SSSR count). The number of hydrogen-bond donors (Lipinski definition) is 2. The summed E-state index contributed by atoms with van der Waals surface area (Å²) in [6.07, 6.45) is 3.84. The first-order chi connectivity index (χ1) is 17.0. The average Bonchev–Trinajstić information content (AvgIpc) is 3.42. The van der Waals surface area contributed by atoms with Crippen LogP contribution in [0.3, 0.4) is 0 Å². The molecule has 2 amide bonds. The third kappa shape index (κ3) is 5.83. The SMILES string of the molecule is COc1ccc(C(=O)N(Cc2cccc(NC(=O)c3cccs3)c2)C2CCCCC2N)cc1OC. The van der Waals surface area contributed by atoms with Gasteiger partial charge < -0.3 is 25.4 Å². The van der Waals surface area contributed by atoms with E-state index < -0.39 is 0 Å². The van der Waals surface area contributed by atoms with Gasteiger partial charge in [0.05, 0.1) is 19.1 Å². The monoisotopic (exact) mass is 493 g/mol. The lowest BCUT2D eigenvalue weighted by atomic mass is 9.89. The Morgan fingerprint density at radius 2 is 1.83 bits per heavy atom. The molecule has 1 aromatic heterocycles. The molecule has 1 aliphatic carbocycles. The van der Waals surface area contributed by atoms with Crippen LogP contribution in [0.4, 0.5) is 5.69 Å². The minimum atomic E-state index is -0.148. The van der Waals surface area contributed by atoms with Crippen molar-refractivity contribution < 1.29 is 19.1 Å². The topological polar surface area (TPSA) is 93.9 Å². The molecule has 0 saturated heterocycles. The molecule has 1 aliphatic rings. The van der Waals surface area contributed by atoms with Gasteiger partial charge in [-0.15, -0.1) is 11.3 Å². The smallest absolute Gasteiger partial charge is 0.265 e. The first-order valence-electron chi connectivity index (χ1n) is 11.7. The minimum absolute atomic E-state index is 0.0753. The van der Waals surface area contributed by atoms with Crippen molar-refractivity contribution in [2.45, 2.75) is 44.3 Å². The number of methoxy groups -OCH3 is 2. The van der Waals surface area contributed by atoms with Crippen LogP contribution in [0.1, 0.15) is 51.3 Å². The molecule has 1 heterocycles. The number of nitrogens with one attached hydrogen (secondary N) is 1. The summed E-state index contributed by atoms with van der Waals surface area (Å²) in [5, 5.41) is 4.82. The van der Waals surface area contributed by atoms with Crippen LogP contribution in [0.15, 0.2) is 60.0 Å². The highest BCUT2D eigenvalue weighted by molar-refractivity contribution is 7.12. The number of hydrogen-bond acceptors (Lipinski definition) is 6. The number of nitrogens with two attached hydrogens (primary N) is 1. The molecule has 184 valence electrons. The Morgan fingerprint density at radius 3 is 2.54 bits per heavy atom. The maximum Gasteiger partial charge on any atom is 0.265 e. The Bertz CT molecular complexity index is 1160. The third-order valence-electron chi connectivity index (χ3n) is 6.36. The number of rotatable bonds is 8. The van der Waals surface area contributed by atoms with Crippen LogP contribution in [0.25, 0.3) is 0 Å². The molecule has 2 atom stereocenters. The van der Waals surface area contributed by atoms with E-state index in [1.54, 1.807) is 38.5 Å². The van der Waals surface area contributed by atoms with Gasteiger partial charge in [-0.1, -0.05) is 31.0 Å².